The van der Waals surface area contributed by atoms with Crippen molar-refractivity contribution < 1.29 is 8.42 Å². The minimum atomic E-state index is -3.77. The van der Waals surface area contributed by atoms with Crippen LogP contribution in [0, 0.1) is 0 Å². The van der Waals surface area contributed by atoms with Crippen LogP contribution >= 0.6 is 0 Å². The van der Waals surface area contributed by atoms with Crippen LogP contribution in [0.4, 0.5) is 17.5 Å². The van der Waals surface area contributed by atoms with E-state index in [1.165, 1.54) is 12.1 Å². The Morgan fingerprint density at radius 1 is 1.21 bits per heavy atom. The number of hydrogen-bond acceptors (Lipinski definition) is 6. The Morgan fingerprint density at radius 2 is 2.00 bits per heavy atom. The average molecular weight is 346 g/mol. The number of nitrogens with zero attached hydrogens (tertiary/aromatic N) is 2. The first-order valence-electron chi connectivity index (χ1n) is 7.34. The summed E-state index contributed by atoms with van der Waals surface area (Å²) >= 11 is 0. The van der Waals surface area contributed by atoms with E-state index in [1.54, 1.807) is 18.3 Å². The monoisotopic (exact) mass is 346 g/mol. The summed E-state index contributed by atoms with van der Waals surface area (Å²) in [6.45, 7) is 4.03. The minimum Gasteiger partial charge on any atom is -0.367 e. The standard InChI is InChI=1S/C15H18N6O2S/c1-9(2)18-14-12-6-7-17-13(12)20-15(21-14)19-10-4-3-5-11(8-10)24(16,22)23/h3-9H,1-2H3,(H2,16,22,23)(H3,17,18,19,20,21). The molecule has 0 aliphatic heterocycles. The van der Waals surface area contributed by atoms with Crippen LogP contribution in [0.2, 0.25) is 0 Å². The Hall–Kier alpha value is -2.65. The molecule has 8 nitrogen and oxygen atoms in total. The van der Waals surface area contributed by atoms with E-state index >= 15 is 0 Å². The molecule has 1 aromatic carbocycles. The van der Waals surface area contributed by atoms with Crippen molar-refractivity contribution in [2.24, 2.45) is 5.14 Å². The van der Waals surface area contributed by atoms with Crippen molar-refractivity contribution in [3.63, 3.8) is 0 Å². The summed E-state index contributed by atoms with van der Waals surface area (Å²) in [6, 6.07) is 8.28. The molecular weight excluding hydrogens is 328 g/mol. The van der Waals surface area contributed by atoms with Crippen molar-refractivity contribution in [2.45, 2.75) is 24.8 Å². The summed E-state index contributed by atoms with van der Waals surface area (Å²) in [7, 11) is -3.77. The molecule has 0 saturated carbocycles. The van der Waals surface area contributed by atoms with Crippen LogP contribution in [-0.2, 0) is 10.0 Å². The zero-order valence-corrected chi connectivity index (χ0v) is 14.1. The second kappa shape index (κ2) is 6.10. The van der Waals surface area contributed by atoms with Gasteiger partial charge in [0.1, 0.15) is 11.5 Å². The van der Waals surface area contributed by atoms with Gasteiger partial charge in [0, 0.05) is 17.9 Å². The highest BCUT2D eigenvalue weighted by Gasteiger charge is 2.12. The van der Waals surface area contributed by atoms with Gasteiger partial charge in [0.2, 0.25) is 16.0 Å². The first-order valence-corrected chi connectivity index (χ1v) is 8.89. The molecule has 0 radical (unpaired) electrons. The molecule has 0 amide bonds. The number of sulfonamides is 1. The Bertz CT molecular complexity index is 981. The highest BCUT2D eigenvalue weighted by molar-refractivity contribution is 7.89. The Labute approximate surface area is 139 Å². The van der Waals surface area contributed by atoms with Crippen LogP contribution < -0.4 is 15.8 Å². The molecule has 3 aromatic rings. The SMILES string of the molecule is CC(C)Nc1nc(Nc2cccc(S(N)(=O)=O)c2)nc2[nH]ccc12. The normalized spacial score (nSPS) is 11.8. The Balaban J connectivity index is 1.98. The molecule has 5 N–H and O–H groups in total. The van der Waals surface area contributed by atoms with Gasteiger partial charge in [-0.25, -0.2) is 13.6 Å². The maximum absolute atomic E-state index is 11.5. The molecule has 9 heteroatoms. The second-order valence-electron chi connectivity index (χ2n) is 5.63. The van der Waals surface area contributed by atoms with E-state index in [2.05, 4.69) is 25.6 Å². The van der Waals surface area contributed by atoms with Gasteiger partial charge in [0.05, 0.1) is 10.3 Å². The summed E-state index contributed by atoms with van der Waals surface area (Å²) in [5, 5.41) is 12.3. The van der Waals surface area contributed by atoms with Gasteiger partial charge in [-0.2, -0.15) is 9.97 Å². The van der Waals surface area contributed by atoms with Crippen molar-refractivity contribution >= 4 is 38.5 Å². The van der Waals surface area contributed by atoms with Gasteiger partial charge in [-0.1, -0.05) is 6.07 Å². The number of fused-ring (bicyclic) bond motifs is 1. The molecule has 0 bridgehead atoms. The van der Waals surface area contributed by atoms with Gasteiger partial charge in [0.25, 0.3) is 0 Å². The number of benzene rings is 1. The molecule has 3 rings (SSSR count). The van der Waals surface area contributed by atoms with Crippen molar-refractivity contribution in [3.8, 4) is 0 Å². The van der Waals surface area contributed by atoms with E-state index in [1.807, 2.05) is 19.9 Å². The Kier molecular flexibility index (Phi) is 4.12. The summed E-state index contributed by atoms with van der Waals surface area (Å²) in [5.74, 6) is 1.04. The van der Waals surface area contributed by atoms with Crippen molar-refractivity contribution in [2.75, 3.05) is 10.6 Å². The van der Waals surface area contributed by atoms with E-state index in [4.69, 9.17) is 5.14 Å². The van der Waals surface area contributed by atoms with E-state index in [0.29, 0.717) is 23.1 Å². The topological polar surface area (TPSA) is 126 Å². The molecule has 0 aliphatic carbocycles. The van der Waals surface area contributed by atoms with Crippen LogP contribution in [0.15, 0.2) is 41.4 Å². The summed E-state index contributed by atoms with van der Waals surface area (Å²) in [4.78, 5) is 11.9. The van der Waals surface area contributed by atoms with E-state index in [9.17, 15) is 8.42 Å². The smallest absolute Gasteiger partial charge is 0.238 e. The van der Waals surface area contributed by atoms with Gasteiger partial charge in [-0.05, 0) is 38.1 Å². The number of aromatic nitrogens is 3. The van der Waals surface area contributed by atoms with Crippen LogP contribution in [0.1, 0.15) is 13.8 Å². The molecule has 0 fully saturated rings. The number of hydrogen-bond donors (Lipinski definition) is 4. The highest BCUT2D eigenvalue weighted by Crippen LogP contribution is 2.24. The first-order chi connectivity index (χ1) is 11.3. The molecule has 0 atom stereocenters. The average Bonchev–Trinajstić information content (AvgIpc) is 2.94. The molecule has 0 unspecified atom stereocenters. The molecule has 2 aromatic heterocycles. The predicted octanol–water partition coefficient (Wildman–Crippen LogP) is 2.17. The maximum atomic E-state index is 11.5. The fourth-order valence-corrected chi connectivity index (χ4v) is 2.82. The highest BCUT2D eigenvalue weighted by atomic mass is 32.2. The lowest BCUT2D eigenvalue weighted by molar-refractivity contribution is 0.598. The number of nitrogens with one attached hydrogen (secondary N) is 3. The number of rotatable bonds is 5. The molecule has 24 heavy (non-hydrogen) atoms. The molecule has 2 heterocycles. The first kappa shape index (κ1) is 16.2. The van der Waals surface area contributed by atoms with Crippen LogP contribution in [0.3, 0.4) is 0 Å². The molecule has 0 saturated heterocycles. The summed E-state index contributed by atoms with van der Waals surface area (Å²) in [6.07, 6.45) is 1.79. The number of nitrogens with two attached hydrogens (primary N) is 1. The van der Waals surface area contributed by atoms with Crippen molar-refractivity contribution in [1.29, 1.82) is 0 Å². The maximum Gasteiger partial charge on any atom is 0.238 e. The third-order valence-electron chi connectivity index (χ3n) is 3.26. The van der Waals surface area contributed by atoms with Crippen LogP contribution in [0.25, 0.3) is 11.0 Å². The van der Waals surface area contributed by atoms with Crippen LogP contribution in [-0.4, -0.2) is 29.4 Å². The van der Waals surface area contributed by atoms with E-state index < -0.39 is 10.0 Å². The molecular formula is C15H18N6O2S. The van der Waals surface area contributed by atoms with Crippen molar-refractivity contribution in [3.05, 3.63) is 36.5 Å². The lowest BCUT2D eigenvalue weighted by Gasteiger charge is -2.12. The van der Waals surface area contributed by atoms with E-state index in [-0.39, 0.29) is 10.9 Å². The second-order valence-corrected chi connectivity index (χ2v) is 7.19. The van der Waals surface area contributed by atoms with Gasteiger partial charge in [0.15, 0.2) is 0 Å². The lowest BCUT2D eigenvalue weighted by Crippen LogP contribution is -2.13. The number of aromatic amines is 1. The van der Waals surface area contributed by atoms with Gasteiger partial charge >= 0.3 is 0 Å². The van der Waals surface area contributed by atoms with E-state index in [0.717, 1.165) is 5.39 Å². The third-order valence-corrected chi connectivity index (χ3v) is 4.17. The quantitative estimate of drug-likeness (QED) is 0.561. The number of H-pyrrole nitrogens is 1. The zero-order valence-electron chi connectivity index (χ0n) is 13.2. The molecule has 0 aliphatic rings. The molecule has 126 valence electrons. The summed E-state index contributed by atoms with van der Waals surface area (Å²) < 4.78 is 22.9. The fraction of sp³-hybridized carbons (Fsp3) is 0.200. The Morgan fingerprint density at radius 3 is 2.71 bits per heavy atom. The van der Waals surface area contributed by atoms with Gasteiger partial charge in [-0.3, -0.25) is 0 Å². The lowest BCUT2D eigenvalue weighted by atomic mass is 10.3. The van der Waals surface area contributed by atoms with Gasteiger partial charge < -0.3 is 15.6 Å². The predicted molar refractivity (Wildman–Crippen MR) is 93.7 cm³/mol. The number of primary sulfonamides is 1. The third kappa shape index (κ3) is 3.47. The zero-order chi connectivity index (χ0) is 17.3. The largest absolute Gasteiger partial charge is 0.367 e. The van der Waals surface area contributed by atoms with Gasteiger partial charge in [-0.15, -0.1) is 0 Å². The fourth-order valence-electron chi connectivity index (χ4n) is 2.26. The van der Waals surface area contributed by atoms with Crippen molar-refractivity contribution in [1.82, 2.24) is 15.0 Å². The van der Waals surface area contributed by atoms with Crippen LogP contribution in [0.5, 0.6) is 0 Å². The summed E-state index contributed by atoms with van der Waals surface area (Å²) in [5.41, 5.74) is 1.21. The number of anilines is 3. The minimum absolute atomic E-state index is 0.0222. The molecule has 0 spiro atoms.